The van der Waals surface area contributed by atoms with E-state index in [0.29, 0.717) is 29.0 Å². The number of hydrogen-bond acceptors (Lipinski definition) is 7. The van der Waals surface area contributed by atoms with Crippen LogP contribution in [-0.2, 0) is 16.4 Å². The van der Waals surface area contributed by atoms with E-state index in [4.69, 9.17) is 14.7 Å². The Morgan fingerprint density at radius 3 is 2.50 bits per heavy atom. The van der Waals surface area contributed by atoms with Crippen LogP contribution in [0.3, 0.4) is 0 Å². The lowest BCUT2D eigenvalue weighted by Crippen LogP contribution is -2.50. The van der Waals surface area contributed by atoms with Gasteiger partial charge < -0.3 is 19.5 Å². The third kappa shape index (κ3) is 5.76. The number of methoxy groups -OCH3 is 1. The minimum absolute atomic E-state index is 0. The Morgan fingerprint density at radius 1 is 1.24 bits per heavy atom. The Morgan fingerprint density at radius 2 is 1.91 bits per heavy atom. The second kappa shape index (κ2) is 10.4. The van der Waals surface area contributed by atoms with E-state index in [-0.39, 0.29) is 18.1 Å². The molecule has 1 spiro atoms. The number of piperidine rings is 1. The number of nitrogens with one attached hydrogen (secondary N) is 1. The molecule has 2 aromatic carbocycles. The Hall–Kier alpha value is -2.51. The summed E-state index contributed by atoms with van der Waals surface area (Å²) >= 11 is 0. The number of halogens is 1. The van der Waals surface area contributed by atoms with Crippen molar-refractivity contribution < 1.29 is 23.0 Å². The van der Waals surface area contributed by atoms with Gasteiger partial charge in [-0.05, 0) is 49.1 Å². The van der Waals surface area contributed by atoms with Crippen LogP contribution in [-0.4, -0.2) is 57.0 Å². The number of fused-ring (bicyclic) bond motifs is 1. The summed E-state index contributed by atoms with van der Waals surface area (Å²) < 4.78 is 37.7. The average Bonchev–Trinajstić information content (AvgIpc) is 2.78. The number of anilines is 1. The largest absolute Gasteiger partial charge is 0.494 e. The molecule has 1 fully saturated rings. The number of benzene rings is 2. The van der Waals surface area contributed by atoms with E-state index in [9.17, 15) is 13.5 Å². The molecule has 2 heterocycles. The lowest BCUT2D eigenvalue weighted by molar-refractivity contribution is -0.0543. The first-order valence-corrected chi connectivity index (χ1v) is 12.9. The van der Waals surface area contributed by atoms with Gasteiger partial charge in [0, 0.05) is 26.1 Å². The average molecular weight is 508 g/mol. The maximum atomic E-state index is 11.7. The van der Waals surface area contributed by atoms with Gasteiger partial charge in [0.15, 0.2) is 5.75 Å². The zero-order valence-electron chi connectivity index (χ0n) is 19.3. The van der Waals surface area contributed by atoms with Gasteiger partial charge in [-0.15, -0.1) is 12.4 Å². The van der Waals surface area contributed by atoms with Gasteiger partial charge >= 0.3 is 0 Å². The summed E-state index contributed by atoms with van der Waals surface area (Å²) in [6.45, 7) is 2.65. The van der Waals surface area contributed by atoms with Crippen molar-refractivity contribution in [3.8, 4) is 17.6 Å². The SMILES string of the molecule is COc1c(NS(C)(=O)=O)ccc2c1C(O)CC1(CCN(CCc3ccc(C#N)cc3)CC1)O2.Cl. The highest BCUT2D eigenvalue weighted by atomic mass is 35.5. The molecule has 184 valence electrons. The normalized spacial score (nSPS) is 19.3. The molecule has 0 radical (unpaired) electrons. The topological polar surface area (TPSA) is 112 Å². The predicted octanol–water partition coefficient (Wildman–Crippen LogP) is 3.25. The van der Waals surface area contributed by atoms with Crippen molar-refractivity contribution in [2.75, 3.05) is 37.7 Å². The summed E-state index contributed by atoms with van der Waals surface area (Å²) in [5, 5.41) is 19.9. The van der Waals surface area contributed by atoms with E-state index in [1.54, 1.807) is 12.1 Å². The predicted molar refractivity (Wildman–Crippen MR) is 132 cm³/mol. The Kier molecular flexibility index (Phi) is 7.98. The number of rotatable bonds is 6. The molecule has 0 aliphatic carbocycles. The van der Waals surface area contributed by atoms with Gasteiger partial charge in [-0.3, -0.25) is 4.72 Å². The van der Waals surface area contributed by atoms with Crippen molar-refractivity contribution in [1.82, 2.24) is 4.90 Å². The second-order valence-corrected chi connectivity index (χ2v) is 10.6. The van der Waals surface area contributed by atoms with Crippen LogP contribution in [0.4, 0.5) is 5.69 Å². The third-order valence-corrected chi connectivity index (χ3v) is 7.04. The number of ether oxygens (including phenoxy) is 2. The summed E-state index contributed by atoms with van der Waals surface area (Å²) in [5.74, 6) is 0.829. The third-order valence-electron chi connectivity index (χ3n) is 6.45. The van der Waals surface area contributed by atoms with Crippen LogP contribution in [0.1, 0.15) is 42.1 Å². The fourth-order valence-electron chi connectivity index (χ4n) is 4.74. The van der Waals surface area contributed by atoms with E-state index < -0.39 is 21.7 Å². The molecule has 2 aromatic rings. The maximum absolute atomic E-state index is 11.7. The van der Waals surface area contributed by atoms with Crippen molar-refractivity contribution in [2.45, 2.75) is 37.4 Å². The first-order chi connectivity index (χ1) is 15.7. The highest BCUT2D eigenvalue weighted by Crippen LogP contribution is 2.50. The molecule has 0 bridgehead atoms. The molecule has 1 atom stereocenters. The molecule has 2 N–H and O–H groups in total. The number of likely N-dealkylation sites (tertiary alicyclic amines) is 1. The fraction of sp³-hybridized carbons (Fsp3) is 0.458. The van der Waals surface area contributed by atoms with Gasteiger partial charge in [0.05, 0.1) is 42.4 Å². The van der Waals surface area contributed by atoms with Crippen LogP contribution in [0.15, 0.2) is 36.4 Å². The number of sulfonamides is 1. The summed E-state index contributed by atoms with van der Waals surface area (Å²) in [4.78, 5) is 2.40. The van der Waals surface area contributed by atoms with Crippen molar-refractivity contribution in [2.24, 2.45) is 0 Å². The Balaban J connectivity index is 0.00000324. The van der Waals surface area contributed by atoms with E-state index >= 15 is 0 Å². The van der Waals surface area contributed by atoms with Crippen LogP contribution in [0.2, 0.25) is 0 Å². The van der Waals surface area contributed by atoms with E-state index in [0.717, 1.165) is 45.2 Å². The van der Waals surface area contributed by atoms with Crippen molar-refractivity contribution in [3.63, 3.8) is 0 Å². The van der Waals surface area contributed by atoms with Crippen LogP contribution in [0, 0.1) is 11.3 Å². The molecular weight excluding hydrogens is 478 g/mol. The molecule has 0 saturated carbocycles. The summed E-state index contributed by atoms with van der Waals surface area (Å²) in [7, 11) is -2.04. The molecule has 4 rings (SSSR count). The molecule has 8 nitrogen and oxygen atoms in total. The van der Waals surface area contributed by atoms with Crippen molar-refractivity contribution in [1.29, 1.82) is 5.26 Å². The van der Waals surface area contributed by atoms with E-state index in [1.807, 2.05) is 24.3 Å². The maximum Gasteiger partial charge on any atom is 0.229 e. The van der Waals surface area contributed by atoms with Crippen LogP contribution in [0.5, 0.6) is 11.5 Å². The molecule has 2 aliphatic rings. The van der Waals surface area contributed by atoms with E-state index in [1.165, 1.54) is 12.7 Å². The Bertz CT molecular complexity index is 1160. The Labute approximate surface area is 206 Å². The zero-order chi connectivity index (χ0) is 23.6. The lowest BCUT2D eigenvalue weighted by atomic mass is 9.81. The molecule has 2 aliphatic heterocycles. The number of hydrogen-bond donors (Lipinski definition) is 2. The van der Waals surface area contributed by atoms with E-state index in [2.05, 4.69) is 15.7 Å². The zero-order valence-corrected chi connectivity index (χ0v) is 20.9. The molecule has 1 unspecified atom stereocenters. The van der Waals surface area contributed by atoms with Crippen molar-refractivity contribution in [3.05, 3.63) is 53.1 Å². The minimum atomic E-state index is -3.49. The quantitative estimate of drug-likeness (QED) is 0.617. The monoisotopic (exact) mass is 507 g/mol. The molecule has 0 aromatic heterocycles. The number of nitrogens with zero attached hydrogens (tertiary/aromatic N) is 2. The van der Waals surface area contributed by atoms with Crippen molar-refractivity contribution >= 4 is 28.1 Å². The molecule has 10 heteroatoms. The highest BCUT2D eigenvalue weighted by molar-refractivity contribution is 7.92. The second-order valence-electron chi connectivity index (χ2n) is 8.84. The summed E-state index contributed by atoms with van der Waals surface area (Å²) in [6.07, 6.45) is 3.20. The first kappa shape index (κ1) is 26.1. The molecule has 0 amide bonds. The van der Waals surface area contributed by atoms with Gasteiger partial charge in [0.25, 0.3) is 0 Å². The van der Waals surface area contributed by atoms with Crippen LogP contribution >= 0.6 is 12.4 Å². The van der Waals surface area contributed by atoms with Crippen LogP contribution < -0.4 is 14.2 Å². The fourth-order valence-corrected chi connectivity index (χ4v) is 5.30. The van der Waals surface area contributed by atoms with Gasteiger partial charge in [-0.1, -0.05) is 12.1 Å². The number of aliphatic hydroxyl groups is 1. The van der Waals surface area contributed by atoms with Gasteiger partial charge in [-0.2, -0.15) is 5.26 Å². The first-order valence-electron chi connectivity index (χ1n) is 11.0. The number of nitriles is 1. The van der Waals surface area contributed by atoms with Gasteiger partial charge in [-0.25, -0.2) is 8.42 Å². The summed E-state index contributed by atoms with van der Waals surface area (Å²) in [6, 6.07) is 13.1. The number of aliphatic hydroxyl groups excluding tert-OH is 1. The minimum Gasteiger partial charge on any atom is -0.494 e. The lowest BCUT2D eigenvalue weighted by Gasteiger charge is -2.46. The smallest absolute Gasteiger partial charge is 0.229 e. The molecule has 34 heavy (non-hydrogen) atoms. The van der Waals surface area contributed by atoms with Gasteiger partial charge in [0.2, 0.25) is 10.0 Å². The summed E-state index contributed by atoms with van der Waals surface area (Å²) in [5.41, 5.74) is 2.20. The van der Waals surface area contributed by atoms with Crippen LogP contribution in [0.25, 0.3) is 0 Å². The highest BCUT2D eigenvalue weighted by Gasteiger charge is 2.44. The molecular formula is C24H30ClN3O5S. The van der Waals surface area contributed by atoms with Gasteiger partial charge in [0.1, 0.15) is 11.4 Å². The standard InChI is InChI=1S/C24H29N3O5S.ClH/c1-31-23-19(26-33(2,29)30)7-8-21-22(23)20(28)15-24(32-21)10-13-27(14-11-24)12-9-17-3-5-18(16-25)6-4-17;/h3-8,20,26,28H,9-15H2,1-2H3;1H. The molecule has 1 saturated heterocycles.